The number of rotatable bonds is 3. The third kappa shape index (κ3) is 3.49. The highest BCUT2D eigenvalue weighted by molar-refractivity contribution is 5.57. The van der Waals surface area contributed by atoms with Gasteiger partial charge in [-0.05, 0) is 23.8 Å². The Labute approximate surface area is 146 Å². The van der Waals surface area contributed by atoms with Gasteiger partial charge in [-0.15, -0.1) is 0 Å². The predicted molar refractivity (Wildman–Crippen MR) is 93.4 cm³/mol. The zero-order chi connectivity index (χ0) is 17.2. The minimum atomic E-state index is -0.307. The van der Waals surface area contributed by atoms with Crippen LogP contribution < -0.4 is 15.0 Å². The summed E-state index contributed by atoms with van der Waals surface area (Å²) in [7, 11) is 0. The van der Waals surface area contributed by atoms with Crippen molar-refractivity contribution in [1.29, 1.82) is 0 Å². The second-order valence-corrected chi connectivity index (χ2v) is 6.58. The van der Waals surface area contributed by atoms with E-state index in [1.165, 1.54) is 12.1 Å². The van der Waals surface area contributed by atoms with Gasteiger partial charge in [0.15, 0.2) is 0 Å². The van der Waals surface area contributed by atoms with Gasteiger partial charge in [-0.3, -0.25) is 0 Å². The van der Waals surface area contributed by atoms with Crippen molar-refractivity contribution in [3.05, 3.63) is 64.3 Å². The molecule has 2 heterocycles. The minimum absolute atomic E-state index is 0.187. The van der Waals surface area contributed by atoms with Crippen LogP contribution in [0.5, 0.6) is 5.75 Å². The van der Waals surface area contributed by atoms with E-state index in [2.05, 4.69) is 16.3 Å². The van der Waals surface area contributed by atoms with Crippen LogP contribution in [0.15, 0.2) is 42.5 Å². The Morgan fingerprint density at radius 2 is 2.20 bits per heavy atom. The Kier molecular flexibility index (Phi) is 4.36. The number of nitrogens with one attached hydrogen (secondary N) is 1. The molecule has 1 saturated heterocycles. The van der Waals surface area contributed by atoms with Gasteiger partial charge in [0.2, 0.25) is 13.1 Å². The largest absolute Gasteiger partial charge is 0.489 e. The summed E-state index contributed by atoms with van der Waals surface area (Å²) in [5.74, 6) is 0.208. The lowest BCUT2D eigenvalue weighted by Crippen LogP contribution is -2.53. The highest BCUT2D eigenvalue weighted by atomic mass is 19.1. The lowest BCUT2D eigenvalue weighted by atomic mass is 10.1. The van der Waals surface area contributed by atoms with E-state index < -0.39 is 0 Å². The van der Waals surface area contributed by atoms with Crippen molar-refractivity contribution in [2.45, 2.75) is 19.2 Å². The minimum Gasteiger partial charge on any atom is -0.489 e. The fraction of sp³-hybridized carbons (Fsp3) is 0.368. The summed E-state index contributed by atoms with van der Waals surface area (Å²) in [6.07, 6.45) is 0. The van der Waals surface area contributed by atoms with Gasteiger partial charge in [-0.25, -0.2) is 4.39 Å². The quantitative estimate of drug-likeness (QED) is 0.871. The monoisotopic (exact) mass is 342 g/mol. The molecule has 0 saturated carbocycles. The van der Waals surface area contributed by atoms with Crippen molar-refractivity contribution in [3.63, 3.8) is 0 Å². The van der Waals surface area contributed by atoms with Crippen molar-refractivity contribution in [3.8, 4) is 5.75 Å². The van der Waals surface area contributed by atoms with Crippen LogP contribution in [0.2, 0.25) is 0 Å². The van der Waals surface area contributed by atoms with Gasteiger partial charge in [-0.1, -0.05) is 18.2 Å². The standard InChI is InChI=1S/C19H21FN3O2/c20-16-2-1-3-18(9-16)25-13-14-4-5-15-11-22(24)12-17-10-21-6-7-23(17)19(15)8-14/h1-5,8-9,17,21H,6-7,10-13H2/q+1. The number of nitroso groups, excluding NO2 is 1. The fourth-order valence-electron chi connectivity index (χ4n) is 3.55. The molecular weight excluding hydrogens is 321 g/mol. The third-order valence-electron chi connectivity index (χ3n) is 4.77. The number of anilines is 1. The topological polar surface area (TPSA) is 44.6 Å². The number of halogens is 1. The molecule has 1 unspecified atom stereocenters. The first kappa shape index (κ1) is 16.0. The van der Waals surface area contributed by atoms with Gasteiger partial charge in [0.25, 0.3) is 0 Å². The Bertz CT molecular complexity index is 796. The maximum absolute atomic E-state index is 13.3. The van der Waals surface area contributed by atoms with Crippen molar-refractivity contribution < 1.29 is 13.9 Å². The Morgan fingerprint density at radius 1 is 1.28 bits per heavy atom. The molecule has 2 aliphatic heterocycles. The number of benzene rings is 2. The van der Waals surface area contributed by atoms with Crippen LogP contribution in [-0.2, 0) is 13.2 Å². The number of piperazine rings is 1. The molecule has 1 fully saturated rings. The van der Waals surface area contributed by atoms with Crippen LogP contribution in [0.25, 0.3) is 0 Å². The molecule has 0 spiro atoms. The molecule has 6 heteroatoms. The number of hydrogen-bond acceptors (Lipinski definition) is 4. The molecule has 130 valence electrons. The highest BCUT2D eigenvalue weighted by Gasteiger charge is 2.34. The van der Waals surface area contributed by atoms with Crippen LogP contribution >= 0.6 is 0 Å². The number of fused-ring (bicyclic) bond motifs is 3. The van der Waals surface area contributed by atoms with Gasteiger partial charge in [0, 0.05) is 46.6 Å². The first-order valence-corrected chi connectivity index (χ1v) is 8.58. The Balaban J connectivity index is 1.57. The lowest BCUT2D eigenvalue weighted by molar-refractivity contribution is -0.565. The molecule has 4 rings (SSSR count). The lowest BCUT2D eigenvalue weighted by Gasteiger charge is -2.35. The van der Waals surface area contributed by atoms with Gasteiger partial charge in [0.1, 0.15) is 24.2 Å². The molecular formula is C19H21FN3O2+. The zero-order valence-corrected chi connectivity index (χ0v) is 14.0. The maximum atomic E-state index is 13.3. The molecule has 0 amide bonds. The summed E-state index contributed by atoms with van der Waals surface area (Å²) in [4.78, 5) is 14.5. The summed E-state index contributed by atoms with van der Waals surface area (Å²) in [6, 6.07) is 12.4. The summed E-state index contributed by atoms with van der Waals surface area (Å²) in [5.41, 5.74) is 3.18. The second-order valence-electron chi connectivity index (χ2n) is 6.58. The Morgan fingerprint density at radius 3 is 3.08 bits per heavy atom. The van der Waals surface area contributed by atoms with E-state index in [9.17, 15) is 9.30 Å². The molecule has 1 atom stereocenters. The van der Waals surface area contributed by atoms with Crippen LogP contribution in [-0.4, -0.2) is 37.0 Å². The molecule has 5 nitrogen and oxygen atoms in total. The third-order valence-corrected chi connectivity index (χ3v) is 4.77. The van der Waals surface area contributed by atoms with Gasteiger partial charge >= 0.3 is 0 Å². The van der Waals surface area contributed by atoms with E-state index in [1.807, 2.05) is 12.1 Å². The van der Waals surface area contributed by atoms with E-state index >= 15 is 0 Å². The second kappa shape index (κ2) is 6.80. The Hall–Kier alpha value is -2.47. The van der Waals surface area contributed by atoms with Crippen molar-refractivity contribution >= 4 is 5.69 Å². The van der Waals surface area contributed by atoms with Crippen molar-refractivity contribution in [2.24, 2.45) is 0 Å². The number of nitrogens with zero attached hydrogens (tertiary/aromatic N) is 2. The van der Waals surface area contributed by atoms with Crippen LogP contribution in [0.3, 0.4) is 0 Å². The SMILES string of the molecule is O=[N+]1Cc2ccc(COc3cccc(F)c3)cc2N2CCNCC2C1. The molecule has 0 aliphatic carbocycles. The van der Waals surface area contributed by atoms with E-state index in [1.54, 1.807) is 12.1 Å². The summed E-state index contributed by atoms with van der Waals surface area (Å²) >= 11 is 0. The van der Waals surface area contributed by atoms with E-state index in [0.717, 1.165) is 41.2 Å². The first-order chi connectivity index (χ1) is 12.2. The molecule has 0 aromatic heterocycles. The molecule has 0 radical (unpaired) electrons. The van der Waals surface area contributed by atoms with Crippen LogP contribution in [0.4, 0.5) is 10.1 Å². The van der Waals surface area contributed by atoms with Gasteiger partial charge in [0.05, 0.1) is 0 Å². The first-order valence-electron chi connectivity index (χ1n) is 8.58. The summed E-state index contributed by atoms with van der Waals surface area (Å²) < 4.78 is 20.1. The smallest absolute Gasteiger partial charge is 0.219 e. The molecule has 2 aromatic rings. The van der Waals surface area contributed by atoms with Crippen molar-refractivity contribution in [1.82, 2.24) is 5.32 Å². The molecule has 0 bridgehead atoms. The van der Waals surface area contributed by atoms with E-state index in [-0.39, 0.29) is 11.9 Å². The molecule has 25 heavy (non-hydrogen) atoms. The molecule has 2 aliphatic rings. The van der Waals surface area contributed by atoms with Crippen molar-refractivity contribution in [2.75, 3.05) is 31.1 Å². The van der Waals surface area contributed by atoms with E-state index in [0.29, 0.717) is 25.4 Å². The van der Waals surface area contributed by atoms with Gasteiger partial charge in [-0.2, -0.15) is 0 Å². The van der Waals surface area contributed by atoms with Crippen LogP contribution in [0.1, 0.15) is 11.1 Å². The van der Waals surface area contributed by atoms with Crippen LogP contribution in [0, 0.1) is 10.7 Å². The average molecular weight is 342 g/mol. The summed E-state index contributed by atoms with van der Waals surface area (Å²) in [6.45, 7) is 3.92. The summed E-state index contributed by atoms with van der Waals surface area (Å²) in [5, 5.41) is 3.36. The number of hydrogen-bond donors (Lipinski definition) is 1. The normalized spacial score (nSPS) is 19.8. The fourth-order valence-corrected chi connectivity index (χ4v) is 3.55. The zero-order valence-electron chi connectivity index (χ0n) is 14.0. The average Bonchev–Trinajstić information content (AvgIpc) is 2.75. The number of ether oxygens (including phenoxy) is 1. The van der Waals surface area contributed by atoms with Gasteiger partial charge < -0.3 is 15.0 Å². The molecule has 1 N–H and O–H groups in total. The predicted octanol–water partition coefficient (Wildman–Crippen LogP) is 2.48. The molecule has 2 aromatic carbocycles. The van der Waals surface area contributed by atoms with E-state index in [4.69, 9.17) is 4.74 Å². The maximum Gasteiger partial charge on any atom is 0.219 e. The highest BCUT2D eigenvalue weighted by Crippen LogP contribution is 2.29.